The second kappa shape index (κ2) is 1.85. The summed E-state index contributed by atoms with van der Waals surface area (Å²) in [7, 11) is 0. The summed E-state index contributed by atoms with van der Waals surface area (Å²) < 4.78 is 0. The van der Waals surface area contributed by atoms with E-state index < -0.39 is 6.09 Å². The molecule has 0 aromatic heterocycles. The first-order valence-corrected chi connectivity index (χ1v) is 3.48. The number of rotatable bonds is 0. The van der Waals surface area contributed by atoms with Crippen molar-refractivity contribution in [2.75, 3.05) is 13.1 Å². The Kier molecular flexibility index (Phi) is 1.11. The van der Waals surface area contributed by atoms with E-state index in [-0.39, 0.29) is 6.04 Å². The van der Waals surface area contributed by atoms with Crippen molar-refractivity contribution in [2.45, 2.75) is 18.5 Å². The van der Waals surface area contributed by atoms with Gasteiger partial charge >= 0.3 is 0 Å². The normalized spacial score (nSPS) is 37.0. The van der Waals surface area contributed by atoms with Gasteiger partial charge in [0.1, 0.15) is 6.09 Å². The van der Waals surface area contributed by atoms with Gasteiger partial charge in [0, 0.05) is 25.2 Å². The Bertz CT molecular complexity index is 171. The van der Waals surface area contributed by atoms with Crippen molar-refractivity contribution in [1.82, 2.24) is 10.2 Å². The van der Waals surface area contributed by atoms with Crippen LogP contribution < -0.4 is 10.4 Å². The molecule has 2 heterocycles. The molecule has 2 rings (SSSR count). The zero-order valence-corrected chi connectivity index (χ0v) is 5.54. The third-order valence-electron chi connectivity index (χ3n) is 2.29. The van der Waals surface area contributed by atoms with E-state index in [1.165, 1.54) is 4.90 Å². The van der Waals surface area contributed by atoms with Crippen LogP contribution in [0.3, 0.4) is 0 Å². The van der Waals surface area contributed by atoms with E-state index >= 15 is 0 Å². The van der Waals surface area contributed by atoms with Gasteiger partial charge in [-0.05, 0) is 6.42 Å². The minimum Gasteiger partial charge on any atom is -0.530 e. The van der Waals surface area contributed by atoms with Gasteiger partial charge in [0.05, 0.1) is 0 Å². The molecule has 2 saturated heterocycles. The highest BCUT2D eigenvalue weighted by molar-refractivity contribution is 5.64. The molecule has 10 heavy (non-hydrogen) atoms. The van der Waals surface area contributed by atoms with Crippen molar-refractivity contribution in [2.24, 2.45) is 0 Å². The van der Waals surface area contributed by atoms with Crippen LogP contribution in [0.15, 0.2) is 0 Å². The molecule has 1 N–H and O–H groups in total. The van der Waals surface area contributed by atoms with E-state index in [0.717, 1.165) is 13.0 Å². The molecule has 0 aliphatic carbocycles. The van der Waals surface area contributed by atoms with Gasteiger partial charge < -0.3 is 20.1 Å². The predicted molar refractivity (Wildman–Crippen MR) is 32.3 cm³/mol. The molecule has 2 unspecified atom stereocenters. The summed E-state index contributed by atoms with van der Waals surface area (Å²) in [5, 5.41) is 13.6. The molecule has 2 aliphatic heterocycles. The lowest BCUT2D eigenvalue weighted by Crippen LogP contribution is -2.51. The van der Waals surface area contributed by atoms with Gasteiger partial charge in [0.15, 0.2) is 0 Å². The Morgan fingerprint density at radius 2 is 2.50 bits per heavy atom. The standard InChI is InChI=1S/C6H10N2O2/c9-6(10)8-3-4-1-5(8)2-7-4/h4-5,7H,1-3H2,(H,9,10)/p-1. The van der Waals surface area contributed by atoms with E-state index in [4.69, 9.17) is 0 Å². The Hall–Kier alpha value is -0.770. The van der Waals surface area contributed by atoms with Crippen LogP contribution in [0.4, 0.5) is 4.79 Å². The minimum atomic E-state index is -1.02. The first-order chi connectivity index (χ1) is 4.77. The minimum absolute atomic E-state index is 0.190. The van der Waals surface area contributed by atoms with Crippen LogP contribution in [0.5, 0.6) is 0 Å². The molecule has 4 nitrogen and oxygen atoms in total. The van der Waals surface area contributed by atoms with Gasteiger partial charge in [0.2, 0.25) is 0 Å². The van der Waals surface area contributed by atoms with E-state index in [1.807, 2.05) is 0 Å². The molecule has 2 atom stereocenters. The highest BCUT2D eigenvalue weighted by atomic mass is 16.4. The lowest BCUT2D eigenvalue weighted by molar-refractivity contribution is -0.266. The highest BCUT2D eigenvalue weighted by Crippen LogP contribution is 2.21. The fraction of sp³-hybridized carbons (Fsp3) is 0.833. The number of carboxylic acid groups (broad SMARTS) is 1. The third kappa shape index (κ3) is 0.686. The highest BCUT2D eigenvalue weighted by Gasteiger charge is 2.37. The van der Waals surface area contributed by atoms with Crippen molar-refractivity contribution in [3.8, 4) is 0 Å². The topological polar surface area (TPSA) is 55.4 Å². The summed E-state index contributed by atoms with van der Waals surface area (Å²) in [4.78, 5) is 11.8. The molecular weight excluding hydrogens is 132 g/mol. The quantitative estimate of drug-likeness (QED) is 0.441. The van der Waals surface area contributed by atoms with Crippen LogP contribution in [0.25, 0.3) is 0 Å². The first kappa shape index (κ1) is 5.97. The van der Waals surface area contributed by atoms with Gasteiger partial charge in [-0.2, -0.15) is 0 Å². The van der Waals surface area contributed by atoms with Gasteiger partial charge in [0.25, 0.3) is 0 Å². The van der Waals surface area contributed by atoms with Crippen LogP contribution in [0.2, 0.25) is 0 Å². The number of nitrogens with one attached hydrogen (secondary N) is 1. The molecule has 2 aliphatic rings. The SMILES string of the molecule is O=C([O-])N1CC2CC1CN2. The molecule has 56 valence electrons. The lowest BCUT2D eigenvalue weighted by atomic mass is 10.2. The zero-order chi connectivity index (χ0) is 7.14. The summed E-state index contributed by atoms with van der Waals surface area (Å²) in [6, 6.07) is 0.581. The fourth-order valence-corrected chi connectivity index (χ4v) is 1.78. The number of piperazine rings is 1. The second-order valence-electron chi connectivity index (χ2n) is 2.91. The number of fused-ring (bicyclic) bond motifs is 2. The number of carbonyl (C=O) groups is 1. The Balaban J connectivity index is 2.08. The summed E-state index contributed by atoms with van der Waals surface area (Å²) in [5.74, 6) is 0. The molecular formula is C6H9N2O2-. The van der Waals surface area contributed by atoms with E-state index in [0.29, 0.717) is 12.6 Å². The van der Waals surface area contributed by atoms with Gasteiger partial charge in [-0.25, -0.2) is 0 Å². The largest absolute Gasteiger partial charge is 0.530 e. The summed E-state index contributed by atoms with van der Waals surface area (Å²) in [6.45, 7) is 1.42. The Morgan fingerprint density at radius 3 is 2.80 bits per heavy atom. The van der Waals surface area contributed by atoms with Crippen molar-refractivity contribution in [3.63, 3.8) is 0 Å². The molecule has 0 aromatic rings. The van der Waals surface area contributed by atoms with Crippen molar-refractivity contribution >= 4 is 6.09 Å². The molecule has 0 spiro atoms. The van der Waals surface area contributed by atoms with Crippen molar-refractivity contribution < 1.29 is 9.90 Å². The number of hydrogen-bond acceptors (Lipinski definition) is 3. The second-order valence-corrected chi connectivity index (χ2v) is 2.91. The maximum Gasteiger partial charge on any atom is 0.137 e. The number of nitrogens with zero attached hydrogens (tertiary/aromatic N) is 1. The first-order valence-electron chi connectivity index (χ1n) is 3.48. The number of likely N-dealkylation sites (tertiary alicyclic amines) is 1. The summed E-state index contributed by atoms with van der Waals surface area (Å²) >= 11 is 0. The Labute approximate surface area is 58.8 Å². The monoisotopic (exact) mass is 141 g/mol. The van der Waals surface area contributed by atoms with E-state index in [9.17, 15) is 9.90 Å². The summed E-state index contributed by atoms with van der Waals surface area (Å²) in [5.41, 5.74) is 0. The smallest absolute Gasteiger partial charge is 0.137 e. The molecule has 0 saturated carbocycles. The van der Waals surface area contributed by atoms with Crippen LogP contribution in [-0.4, -0.2) is 36.2 Å². The average molecular weight is 141 g/mol. The van der Waals surface area contributed by atoms with Gasteiger partial charge in [-0.1, -0.05) is 0 Å². The average Bonchev–Trinajstić information content (AvgIpc) is 2.44. The molecule has 0 radical (unpaired) electrons. The van der Waals surface area contributed by atoms with Crippen molar-refractivity contribution in [3.05, 3.63) is 0 Å². The number of amides is 1. The maximum absolute atomic E-state index is 10.4. The van der Waals surface area contributed by atoms with Crippen LogP contribution in [0, 0.1) is 0 Å². The predicted octanol–water partition coefficient (Wildman–Crippen LogP) is -1.62. The Morgan fingerprint density at radius 1 is 1.70 bits per heavy atom. The van der Waals surface area contributed by atoms with Crippen LogP contribution in [-0.2, 0) is 0 Å². The third-order valence-corrected chi connectivity index (χ3v) is 2.29. The lowest BCUT2D eigenvalue weighted by Gasteiger charge is -2.29. The van der Waals surface area contributed by atoms with E-state index in [2.05, 4.69) is 5.32 Å². The van der Waals surface area contributed by atoms with Crippen molar-refractivity contribution in [1.29, 1.82) is 0 Å². The fourth-order valence-electron chi connectivity index (χ4n) is 1.78. The van der Waals surface area contributed by atoms with Crippen LogP contribution >= 0.6 is 0 Å². The number of carbonyl (C=O) groups excluding carboxylic acids is 1. The van der Waals surface area contributed by atoms with Gasteiger partial charge in [-0.3, -0.25) is 0 Å². The molecule has 2 bridgehead atoms. The maximum atomic E-state index is 10.4. The zero-order valence-electron chi connectivity index (χ0n) is 5.54. The molecule has 4 heteroatoms. The summed E-state index contributed by atoms with van der Waals surface area (Å²) in [6.07, 6.45) is -0.0532. The molecule has 1 amide bonds. The molecule has 0 aromatic carbocycles. The van der Waals surface area contributed by atoms with Gasteiger partial charge in [-0.15, -0.1) is 0 Å². The number of hydrogen-bond donors (Lipinski definition) is 1. The van der Waals surface area contributed by atoms with Crippen LogP contribution in [0.1, 0.15) is 6.42 Å². The molecule has 2 fully saturated rings. The van der Waals surface area contributed by atoms with E-state index in [1.54, 1.807) is 0 Å².